The summed E-state index contributed by atoms with van der Waals surface area (Å²) in [4.78, 5) is 40.2. The van der Waals surface area contributed by atoms with E-state index in [0.717, 1.165) is 22.3 Å². The summed E-state index contributed by atoms with van der Waals surface area (Å²) in [5.41, 5.74) is 4.54. The van der Waals surface area contributed by atoms with Crippen molar-refractivity contribution >= 4 is 29.3 Å². The van der Waals surface area contributed by atoms with Gasteiger partial charge < -0.3 is 20.5 Å². The number of fused-ring (bicyclic) bond motifs is 3. The van der Waals surface area contributed by atoms with Crippen LogP contribution in [-0.4, -0.2) is 47.3 Å². The predicted octanol–water partition coefficient (Wildman–Crippen LogP) is 4.21. The van der Waals surface area contributed by atoms with Crippen LogP contribution in [0.5, 0.6) is 0 Å². The fourth-order valence-corrected chi connectivity index (χ4v) is 5.05. The highest BCUT2D eigenvalue weighted by molar-refractivity contribution is 7.09. The highest BCUT2D eigenvalue weighted by Gasteiger charge is 2.29. The van der Waals surface area contributed by atoms with Gasteiger partial charge in [-0.1, -0.05) is 61.9 Å². The van der Waals surface area contributed by atoms with Crippen LogP contribution in [-0.2, 0) is 16.0 Å². The van der Waals surface area contributed by atoms with Gasteiger partial charge in [0.05, 0.1) is 5.01 Å². The number of alkyl carbamates (subject to hydrolysis) is 1. The molecule has 0 saturated carbocycles. The molecule has 1 heterocycles. The molecule has 8 nitrogen and oxygen atoms in total. The summed E-state index contributed by atoms with van der Waals surface area (Å²) in [5.74, 6) is -1.44. The Hall–Kier alpha value is -3.72. The van der Waals surface area contributed by atoms with Gasteiger partial charge in [0, 0.05) is 24.3 Å². The molecule has 4 rings (SSSR count). The molecule has 3 N–H and O–H groups in total. The van der Waals surface area contributed by atoms with Crippen molar-refractivity contribution in [1.82, 2.24) is 15.6 Å². The number of carboxylic acids is 1. The molecule has 1 atom stereocenters. The summed E-state index contributed by atoms with van der Waals surface area (Å²) in [7, 11) is 0. The second-order valence-corrected chi connectivity index (χ2v) is 9.23. The number of hydrogen-bond acceptors (Lipinski definition) is 6. The number of aromatic nitrogens is 1. The van der Waals surface area contributed by atoms with E-state index in [-0.39, 0.29) is 30.7 Å². The van der Waals surface area contributed by atoms with Crippen LogP contribution in [0.2, 0.25) is 0 Å². The number of aromatic carboxylic acids is 1. The maximum absolute atomic E-state index is 12.7. The Labute approximate surface area is 207 Å². The maximum atomic E-state index is 12.7. The minimum atomic E-state index is -1.08. The number of carbonyl (C=O) groups is 3. The summed E-state index contributed by atoms with van der Waals surface area (Å²) in [5, 5.41) is 16.5. The summed E-state index contributed by atoms with van der Waals surface area (Å²) < 4.78 is 5.57. The number of nitrogens with one attached hydrogen (secondary N) is 2. The lowest BCUT2D eigenvalue weighted by Gasteiger charge is -2.19. The van der Waals surface area contributed by atoms with Crippen LogP contribution >= 0.6 is 11.3 Å². The van der Waals surface area contributed by atoms with E-state index in [1.165, 1.54) is 16.7 Å². The number of ether oxygens (including phenoxy) is 1. The molecule has 9 heteroatoms. The van der Waals surface area contributed by atoms with Crippen molar-refractivity contribution in [3.63, 3.8) is 0 Å². The van der Waals surface area contributed by atoms with Crippen molar-refractivity contribution in [2.45, 2.75) is 38.1 Å². The van der Waals surface area contributed by atoms with Gasteiger partial charge in [-0.05, 0) is 28.7 Å². The van der Waals surface area contributed by atoms with E-state index in [4.69, 9.17) is 9.84 Å². The molecule has 35 heavy (non-hydrogen) atoms. The molecule has 3 aromatic rings. The monoisotopic (exact) mass is 493 g/mol. The Morgan fingerprint density at radius 2 is 1.74 bits per heavy atom. The van der Waals surface area contributed by atoms with Gasteiger partial charge >= 0.3 is 12.1 Å². The molecule has 0 bridgehead atoms. The standard InChI is InChI=1S/C26H27N3O5S/c1-2-7-21(24(30)27-13-12-23-28-22(15-35-23)25(31)32)29-26(33)34-14-20-18-10-5-3-8-16(18)17-9-4-6-11-19(17)20/h3-6,8-11,15,20-21H,2,7,12-14H2,1H3,(H,27,30)(H,29,33)(H,31,32)/t21-/m0/s1. The third kappa shape index (κ3) is 5.68. The van der Waals surface area contributed by atoms with Crippen molar-refractivity contribution in [2.24, 2.45) is 0 Å². The number of thiazole rings is 1. The van der Waals surface area contributed by atoms with Gasteiger partial charge in [-0.2, -0.15) is 0 Å². The van der Waals surface area contributed by atoms with E-state index >= 15 is 0 Å². The molecular formula is C26H27N3O5S. The summed E-state index contributed by atoms with van der Waals surface area (Å²) in [6, 6.07) is 15.5. The number of carboxylic acid groups (broad SMARTS) is 1. The Kier molecular flexibility index (Phi) is 7.77. The van der Waals surface area contributed by atoms with Crippen LogP contribution in [0, 0.1) is 0 Å². The van der Waals surface area contributed by atoms with Gasteiger partial charge in [-0.3, -0.25) is 4.79 Å². The molecule has 0 saturated heterocycles. The smallest absolute Gasteiger partial charge is 0.407 e. The van der Waals surface area contributed by atoms with Crippen LogP contribution in [0.25, 0.3) is 11.1 Å². The minimum absolute atomic E-state index is 0.00268. The topological polar surface area (TPSA) is 118 Å². The van der Waals surface area contributed by atoms with Crippen molar-refractivity contribution in [3.8, 4) is 11.1 Å². The molecule has 1 aliphatic rings. The van der Waals surface area contributed by atoms with Crippen molar-refractivity contribution in [3.05, 3.63) is 75.7 Å². The molecule has 0 aliphatic heterocycles. The number of hydrogen-bond donors (Lipinski definition) is 3. The van der Waals surface area contributed by atoms with Crippen LogP contribution in [0.15, 0.2) is 53.9 Å². The Balaban J connectivity index is 1.31. The SMILES string of the molecule is CCC[C@H](NC(=O)OCC1c2ccccc2-c2ccccc21)C(=O)NCCc1nc(C(=O)O)cs1. The van der Waals surface area contributed by atoms with Crippen molar-refractivity contribution in [2.75, 3.05) is 13.2 Å². The normalized spacial score (nSPS) is 12.9. The molecule has 0 radical (unpaired) electrons. The van der Waals surface area contributed by atoms with Crippen LogP contribution in [0.3, 0.4) is 0 Å². The molecule has 1 aromatic heterocycles. The number of rotatable bonds is 10. The van der Waals surface area contributed by atoms with E-state index < -0.39 is 18.1 Å². The first-order valence-corrected chi connectivity index (χ1v) is 12.4. The van der Waals surface area contributed by atoms with Crippen LogP contribution in [0.1, 0.15) is 52.3 Å². The van der Waals surface area contributed by atoms with Gasteiger partial charge in [0.25, 0.3) is 0 Å². The van der Waals surface area contributed by atoms with Crippen LogP contribution in [0.4, 0.5) is 4.79 Å². The molecule has 2 amide bonds. The molecule has 182 valence electrons. The average molecular weight is 494 g/mol. The van der Waals surface area contributed by atoms with E-state index in [1.54, 1.807) is 0 Å². The zero-order chi connectivity index (χ0) is 24.8. The zero-order valence-electron chi connectivity index (χ0n) is 19.3. The zero-order valence-corrected chi connectivity index (χ0v) is 20.1. The number of amides is 2. The van der Waals surface area contributed by atoms with Gasteiger partial charge in [-0.15, -0.1) is 11.3 Å². The Morgan fingerprint density at radius 1 is 1.09 bits per heavy atom. The molecule has 1 aliphatic carbocycles. The highest BCUT2D eigenvalue weighted by atomic mass is 32.1. The summed E-state index contributed by atoms with van der Waals surface area (Å²) in [6.45, 7) is 2.40. The quantitative estimate of drug-likeness (QED) is 0.390. The largest absolute Gasteiger partial charge is 0.476 e. The van der Waals surface area contributed by atoms with Crippen molar-refractivity contribution in [1.29, 1.82) is 0 Å². The van der Waals surface area contributed by atoms with Gasteiger partial charge in [0.2, 0.25) is 5.91 Å². The molecule has 0 fully saturated rings. The molecular weight excluding hydrogens is 466 g/mol. The second kappa shape index (κ2) is 11.1. The molecule has 0 spiro atoms. The average Bonchev–Trinajstić information content (AvgIpc) is 3.46. The highest BCUT2D eigenvalue weighted by Crippen LogP contribution is 2.44. The second-order valence-electron chi connectivity index (χ2n) is 8.28. The Bertz CT molecular complexity index is 1180. The minimum Gasteiger partial charge on any atom is -0.476 e. The maximum Gasteiger partial charge on any atom is 0.407 e. The number of nitrogens with zero attached hydrogens (tertiary/aromatic N) is 1. The lowest BCUT2D eigenvalue weighted by Crippen LogP contribution is -2.47. The number of carbonyl (C=O) groups excluding carboxylic acids is 2. The first-order valence-electron chi connectivity index (χ1n) is 11.5. The van der Waals surface area contributed by atoms with Crippen LogP contribution < -0.4 is 10.6 Å². The Morgan fingerprint density at radius 3 is 2.34 bits per heavy atom. The third-order valence-electron chi connectivity index (χ3n) is 5.94. The molecule has 2 aromatic carbocycles. The fraction of sp³-hybridized carbons (Fsp3) is 0.308. The first-order chi connectivity index (χ1) is 17.0. The van der Waals surface area contributed by atoms with E-state index in [2.05, 4.69) is 39.9 Å². The molecule has 0 unspecified atom stereocenters. The first kappa shape index (κ1) is 24.4. The third-order valence-corrected chi connectivity index (χ3v) is 6.85. The van der Waals surface area contributed by atoms with E-state index in [1.807, 2.05) is 31.2 Å². The summed E-state index contributed by atoms with van der Waals surface area (Å²) >= 11 is 1.23. The van der Waals surface area contributed by atoms with Gasteiger partial charge in [-0.25, -0.2) is 14.6 Å². The van der Waals surface area contributed by atoms with E-state index in [9.17, 15) is 14.4 Å². The fourth-order valence-electron chi connectivity index (χ4n) is 4.28. The lowest BCUT2D eigenvalue weighted by molar-refractivity contribution is -0.123. The van der Waals surface area contributed by atoms with Crippen molar-refractivity contribution < 1.29 is 24.2 Å². The van der Waals surface area contributed by atoms with Gasteiger partial charge in [0.15, 0.2) is 5.69 Å². The van der Waals surface area contributed by atoms with E-state index in [0.29, 0.717) is 24.3 Å². The lowest BCUT2D eigenvalue weighted by atomic mass is 9.98. The predicted molar refractivity (Wildman–Crippen MR) is 133 cm³/mol. The number of benzene rings is 2. The summed E-state index contributed by atoms with van der Waals surface area (Å²) in [6.07, 6.45) is 0.951. The van der Waals surface area contributed by atoms with Gasteiger partial charge in [0.1, 0.15) is 12.6 Å².